The summed E-state index contributed by atoms with van der Waals surface area (Å²) < 4.78 is 16.8. The molecule has 2 atom stereocenters. The lowest BCUT2D eigenvalue weighted by Crippen LogP contribution is -2.32. The first-order valence-electron chi connectivity index (χ1n) is 12.5. The van der Waals surface area contributed by atoms with Crippen LogP contribution >= 0.6 is 11.6 Å². The van der Waals surface area contributed by atoms with E-state index >= 15 is 0 Å². The Labute approximate surface area is 226 Å². The Balaban J connectivity index is 1.45. The Morgan fingerprint density at radius 3 is 2.61 bits per heavy atom. The number of halogens is 1. The van der Waals surface area contributed by atoms with Gasteiger partial charge in [-0.05, 0) is 66.8 Å². The van der Waals surface area contributed by atoms with E-state index in [2.05, 4.69) is 19.2 Å². The lowest BCUT2D eigenvalue weighted by atomic mass is 9.90. The van der Waals surface area contributed by atoms with Gasteiger partial charge in [-0.2, -0.15) is 0 Å². The maximum absolute atomic E-state index is 13.1. The second-order valence-corrected chi connectivity index (χ2v) is 9.96. The molecule has 2 aromatic carbocycles. The van der Waals surface area contributed by atoms with Crippen molar-refractivity contribution in [2.45, 2.75) is 33.5 Å². The molecular formula is C28H31ClN2O7. The molecule has 2 aliphatic rings. The molecular weight excluding hydrogens is 512 g/mol. The predicted molar refractivity (Wildman–Crippen MR) is 142 cm³/mol. The molecule has 4 rings (SSSR count). The Hall–Kier alpha value is -3.24. The van der Waals surface area contributed by atoms with E-state index in [1.807, 2.05) is 6.08 Å². The van der Waals surface area contributed by atoms with Crippen molar-refractivity contribution in [1.29, 1.82) is 0 Å². The minimum Gasteiger partial charge on any atom is -0.459 e. The molecule has 0 aromatic heterocycles. The number of carbonyl (C=O) groups is 3. The van der Waals surface area contributed by atoms with Crippen molar-refractivity contribution in [2.75, 3.05) is 36.6 Å². The van der Waals surface area contributed by atoms with Gasteiger partial charge in [0.1, 0.15) is 0 Å². The van der Waals surface area contributed by atoms with Crippen LogP contribution in [0.2, 0.25) is 5.02 Å². The van der Waals surface area contributed by atoms with Crippen molar-refractivity contribution in [3.05, 3.63) is 69.9 Å². The zero-order valence-corrected chi connectivity index (χ0v) is 22.3. The summed E-state index contributed by atoms with van der Waals surface area (Å²) in [6, 6.07) is 9.56. The van der Waals surface area contributed by atoms with Crippen LogP contribution in [0.3, 0.4) is 0 Å². The molecule has 0 spiro atoms. The highest BCUT2D eigenvalue weighted by Gasteiger charge is 2.37. The number of hydrogen-bond donors (Lipinski definition) is 2. The smallest absolute Gasteiger partial charge is 0.290 e. The molecule has 0 aliphatic carbocycles. The van der Waals surface area contributed by atoms with E-state index < -0.39 is 24.0 Å². The number of imide groups is 1. The number of anilines is 2. The zero-order valence-electron chi connectivity index (χ0n) is 21.5. The van der Waals surface area contributed by atoms with E-state index in [9.17, 15) is 14.4 Å². The highest BCUT2D eigenvalue weighted by molar-refractivity contribution is 6.37. The molecule has 0 saturated carbocycles. The number of benzene rings is 2. The van der Waals surface area contributed by atoms with Crippen LogP contribution in [0.15, 0.2) is 48.2 Å². The number of aliphatic hydroxyl groups is 1. The average molecular weight is 543 g/mol. The van der Waals surface area contributed by atoms with Gasteiger partial charge in [0.15, 0.2) is 5.76 Å². The number of aryl methyl sites for hydroxylation is 1. The first-order chi connectivity index (χ1) is 18.2. The van der Waals surface area contributed by atoms with Gasteiger partial charge in [0.2, 0.25) is 6.29 Å². The molecule has 2 heterocycles. The Morgan fingerprint density at radius 2 is 1.89 bits per heavy atom. The second-order valence-electron chi connectivity index (χ2n) is 9.52. The number of hydrogen-bond acceptors (Lipinski definition) is 7. The van der Waals surface area contributed by atoms with Gasteiger partial charge in [-0.3, -0.25) is 14.4 Å². The number of fused-ring (bicyclic) bond motifs is 1. The predicted octanol–water partition coefficient (Wildman–Crippen LogP) is 4.32. The van der Waals surface area contributed by atoms with Crippen molar-refractivity contribution >= 4 is 40.7 Å². The van der Waals surface area contributed by atoms with Crippen LogP contribution in [-0.4, -0.2) is 55.5 Å². The van der Waals surface area contributed by atoms with Gasteiger partial charge in [-0.1, -0.05) is 25.4 Å². The van der Waals surface area contributed by atoms with E-state index in [0.29, 0.717) is 40.6 Å². The molecule has 0 saturated heterocycles. The van der Waals surface area contributed by atoms with Gasteiger partial charge >= 0.3 is 0 Å². The third-order valence-corrected chi connectivity index (χ3v) is 6.71. The molecule has 38 heavy (non-hydrogen) atoms. The first-order valence-corrected chi connectivity index (χ1v) is 12.9. The number of nitrogens with one attached hydrogen (secondary N) is 1. The van der Waals surface area contributed by atoms with Crippen molar-refractivity contribution in [2.24, 2.45) is 11.8 Å². The molecule has 202 valence electrons. The van der Waals surface area contributed by atoms with E-state index in [1.165, 1.54) is 6.07 Å². The van der Waals surface area contributed by atoms with Gasteiger partial charge in [0, 0.05) is 17.1 Å². The quantitative estimate of drug-likeness (QED) is 0.339. The molecule has 0 fully saturated rings. The van der Waals surface area contributed by atoms with Crippen LogP contribution < -0.4 is 10.2 Å². The summed E-state index contributed by atoms with van der Waals surface area (Å²) in [7, 11) is 0. The van der Waals surface area contributed by atoms with Gasteiger partial charge < -0.3 is 24.6 Å². The molecule has 0 bridgehead atoms. The van der Waals surface area contributed by atoms with Crippen LogP contribution in [-0.2, 0) is 19.0 Å². The van der Waals surface area contributed by atoms with Gasteiger partial charge in [-0.25, -0.2) is 4.90 Å². The monoisotopic (exact) mass is 542 g/mol. The van der Waals surface area contributed by atoms with Crippen molar-refractivity contribution < 1.29 is 33.7 Å². The molecule has 2 unspecified atom stereocenters. The van der Waals surface area contributed by atoms with Crippen LogP contribution in [0.1, 0.15) is 46.5 Å². The third kappa shape index (κ3) is 6.07. The Bertz CT molecular complexity index is 1260. The van der Waals surface area contributed by atoms with E-state index in [4.69, 9.17) is 30.9 Å². The fourth-order valence-corrected chi connectivity index (χ4v) is 4.60. The summed E-state index contributed by atoms with van der Waals surface area (Å²) in [6.45, 7) is 6.65. The molecule has 2 aromatic rings. The van der Waals surface area contributed by atoms with Crippen LogP contribution in [0, 0.1) is 18.8 Å². The number of ether oxygens (including phenoxy) is 3. The standard InChI is InChI=1S/C28H31ClN2O7/c1-16(2)18-13-24(38-25(14-18)37-11-10-36-9-8-32)26(33)30-20-5-7-23(17(3)12-20)31-27(34)21-6-4-19(29)15-22(21)28(31)35/h4-7,12-13,15-16,18,25,32H,8-11,14H2,1-3H3,(H,30,33). The average Bonchev–Trinajstić information content (AvgIpc) is 3.12. The summed E-state index contributed by atoms with van der Waals surface area (Å²) in [5.74, 6) is -0.775. The summed E-state index contributed by atoms with van der Waals surface area (Å²) >= 11 is 6.01. The molecule has 2 N–H and O–H groups in total. The van der Waals surface area contributed by atoms with E-state index in [0.717, 1.165) is 4.90 Å². The first kappa shape index (κ1) is 27.8. The largest absolute Gasteiger partial charge is 0.459 e. The summed E-state index contributed by atoms with van der Waals surface area (Å²) in [4.78, 5) is 40.1. The van der Waals surface area contributed by atoms with E-state index in [-0.39, 0.29) is 43.0 Å². The lowest BCUT2D eigenvalue weighted by molar-refractivity contribution is -0.153. The molecule has 3 amide bonds. The van der Waals surface area contributed by atoms with Crippen molar-refractivity contribution in [3.63, 3.8) is 0 Å². The summed E-state index contributed by atoms with van der Waals surface area (Å²) in [5.41, 5.74) is 2.11. The van der Waals surface area contributed by atoms with Crippen LogP contribution in [0.5, 0.6) is 0 Å². The number of aliphatic hydroxyl groups excluding tert-OH is 1. The maximum Gasteiger partial charge on any atom is 0.290 e. The Morgan fingerprint density at radius 1 is 1.13 bits per heavy atom. The maximum atomic E-state index is 13.1. The number of amides is 3. The van der Waals surface area contributed by atoms with Gasteiger partial charge in [0.25, 0.3) is 17.7 Å². The number of nitrogens with zero attached hydrogens (tertiary/aromatic N) is 1. The SMILES string of the molecule is Cc1cc(NC(=O)C2=CC(C(C)C)CC(OCCOCCO)O2)ccc1N1C(=O)c2ccc(Cl)cc2C1=O. The summed E-state index contributed by atoms with van der Waals surface area (Å²) in [5, 5.41) is 12.0. The van der Waals surface area contributed by atoms with Crippen molar-refractivity contribution in [1.82, 2.24) is 0 Å². The lowest BCUT2D eigenvalue weighted by Gasteiger charge is -2.31. The number of allylic oxidation sites excluding steroid dienone is 1. The topological polar surface area (TPSA) is 114 Å². The van der Waals surface area contributed by atoms with Gasteiger partial charge in [0.05, 0.1) is 43.2 Å². The number of carbonyl (C=O) groups excluding carboxylic acids is 3. The molecule has 0 radical (unpaired) electrons. The summed E-state index contributed by atoms with van der Waals surface area (Å²) in [6.07, 6.45) is 1.82. The normalized spacial score (nSPS) is 18.9. The highest BCUT2D eigenvalue weighted by Crippen LogP contribution is 2.34. The minimum absolute atomic E-state index is 0.0595. The van der Waals surface area contributed by atoms with Gasteiger partial charge in [-0.15, -0.1) is 0 Å². The third-order valence-electron chi connectivity index (χ3n) is 6.48. The van der Waals surface area contributed by atoms with E-state index in [1.54, 1.807) is 37.3 Å². The molecule has 9 nitrogen and oxygen atoms in total. The van der Waals surface area contributed by atoms with Crippen LogP contribution in [0.4, 0.5) is 11.4 Å². The fourth-order valence-electron chi connectivity index (χ4n) is 4.42. The Kier molecular flexibility index (Phi) is 8.83. The van der Waals surface area contributed by atoms with Crippen LogP contribution in [0.25, 0.3) is 0 Å². The van der Waals surface area contributed by atoms with Crippen molar-refractivity contribution in [3.8, 4) is 0 Å². The highest BCUT2D eigenvalue weighted by atomic mass is 35.5. The molecule has 2 aliphatic heterocycles. The number of rotatable bonds is 10. The second kappa shape index (κ2) is 12.1. The minimum atomic E-state index is -0.600. The fraction of sp³-hybridized carbons (Fsp3) is 0.393. The zero-order chi connectivity index (χ0) is 27.4. The molecule has 10 heteroatoms.